The molecule has 0 aliphatic rings. The number of benzene rings is 1. The minimum absolute atomic E-state index is 0.0707. The fraction of sp³-hybridized carbons (Fsp3) is 0.400. The zero-order chi connectivity index (χ0) is 10.6. The molecule has 1 atom stereocenters. The second-order valence-electron chi connectivity index (χ2n) is 2.93. The van der Waals surface area contributed by atoms with E-state index < -0.39 is 6.10 Å². The summed E-state index contributed by atoms with van der Waals surface area (Å²) in [6.07, 6.45) is -0.688. The lowest BCUT2D eigenvalue weighted by Crippen LogP contribution is -1.96. The van der Waals surface area contributed by atoms with Crippen LogP contribution in [0, 0.1) is 5.82 Å². The van der Waals surface area contributed by atoms with Crippen molar-refractivity contribution in [3.05, 3.63) is 29.6 Å². The maximum absolute atomic E-state index is 12.9. The minimum Gasteiger partial charge on any atom is -0.396 e. The maximum atomic E-state index is 12.9. The number of hydrogen-bond donors (Lipinski definition) is 2. The van der Waals surface area contributed by atoms with Crippen molar-refractivity contribution >= 4 is 11.8 Å². The van der Waals surface area contributed by atoms with Crippen molar-refractivity contribution in [1.29, 1.82) is 0 Å². The predicted octanol–water partition coefficient (Wildman–Crippen LogP) is 1.96. The van der Waals surface area contributed by atoms with E-state index in [1.165, 1.54) is 23.9 Å². The number of aliphatic hydroxyl groups excluding tert-OH is 2. The molecule has 0 saturated heterocycles. The molecule has 0 saturated carbocycles. The lowest BCUT2D eigenvalue weighted by Gasteiger charge is -2.10. The van der Waals surface area contributed by atoms with E-state index in [4.69, 9.17) is 5.11 Å². The minimum atomic E-state index is -0.688. The molecule has 2 nitrogen and oxygen atoms in total. The first kappa shape index (κ1) is 11.5. The molecule has 14 heavy (non-hydrogen) atoms. The van der Waals surface area contributed by atoms with Gasteiger partial charge in [0.2, 0.25) is 0 Å². The highest BCUT2D eigenvalue weighted by Crippen LogP contribution is 2.27. The quantitative estimate of drug-likeness (QED) is 0.756. The molecule has 0 bridgehead atoms. The summed E-state index contributed by atoms with van der Waals surface area (Å²) in [4.78, 5) is 0.815. The lowest BCUT2D eigenvalue weighted by molar-refractivity contribution is 0.196. The Morgan fingerprint density at radius 2 is 2.21 bits per heavy atom. The van der Waals surface area contributed by atoms with Crippen molar-refractivity contribution in [3.63, 3.8) is 0 Å². The molecule has 4 heteroatoms. The Bertz CT molecular complexity index is 302. The van der Waals surface area contributed by atoms with Gasteiger partial charge in [0.1, 0.15) is 5.82 Å². The van der Waals surface area contributed by atoms with Crippen LogP contribution >= 0.6 is 11.8 Å². The highest BCUT2D eigenvalue weighted by atomic mass is 32.2. The second kappa shape index (κ2) is 5.34. The first-order valence-corrected chi connectivity index (χ1v) is 5.35. The SMILES string of the molecule is CC(O)c1cc(F)ccc1SCCO. The third-order valence-corrected chi connectivity index (χ3v) is 2.84. The summed E-state index contributed by atoms with van der Waals surface area (Å²) in [6.45, 7) is 1.67. The molecule has 0 heterocycles. The average molecular weight is 216 g/mol. The van der Waals surface area contributed by atoms with Crippen LogP contribution in [0.3, 0.4) is 0 Å². The molecular weight excluding hydrogens is 203 g/mol. The highest BCUT2D eigenvalue weighted by molar-refractivity contribution is 7.99. The van der Waals surface area contributed by atoms with Crippen LogP contribution in [0.15, 0.2) is 23.1 Å². The van der Waals surface area contributed by atoms with Gasteiger partial charge in [-0.25, -0.2) is 4.39 Å². The van der Waals surface area contributed by atoms with Gasteiger partial charge < -0.3 is 10.2 Å². The topological polar surface area (TPSA) is 40.5 Å². The van der Waals surface area contributed by atoms with Gasteiger partial charge in [-0.2, -0.15) is 0 Å². The molecule has 2 N–H and O–H groups in total. The van der Waals surface area contributed by atoms with E-state index in [0.717, 1.165) is 4.90 Å². The summed E-state index contributed by atoms with van der Waals surface area (Å²) < 4.78 is 12.9. The van der Waals surface area contributed by atoms with Crippen molar-refractivity contribution in [2.75, 3.05) is 12.4 Å². The number of hydrogen-bond acceptors (Lipinski definition) is 3. The van der Waals surface area contributed by atoms with Crippen molar-refractivity contribution in [2.24, 2.45) is 0 Å². The fourth-order valence-corrected chi connectivity index (χ4v) is 2.00. The molecule has 0 amide bonds. The van der Waals surface area contributed by atoms with E-state index in [1.54, 1.807) is 13.0 Å². The first-order chi connectivity index (χ1) is 6.65. The van der Waals surface area contributed by atoms with Gasteiger partial charge in [0.15, 0.2) is 0 Å². The van der Waals surface area contributed by atoms with Gasteiger partial charge in [-0.05, 0) is 30.7 Å². The molecule has 0 radical (unpaired) electrons. The first-order valence-electron chi connectivity index (χ1n) is 4.36. The number of halogens is 1. The Kier molecular flexibility index (Phi) is 4.38. The summed E-state index contributed by atoms with van der Waals surface area (Å²) in [5, 5.41) is 18.0. The number of rotatable bonds is 4. The van der Waals surface area contributed by atoms with Crippen LogP contribution in [0.2, 0.25) is 0 Å². The van der Waals surface area contributed by atoms with Crippen LogP contribution in [0.25, 0.3) is 0 Å². The Morgan fingerprint density at radius 1 is 1.50 bits per heavy atom. The molecule has 1 unspecified atom stereocenters. The van der Waals surface area contributed by atoms with Crippen molar-refractivity contribution < 1.29 is 14.6 Å². The maximum Gasteiger partial charge on any atom is 0.123 e. The Morgan fingerprint density at radius 3 is 2.79 bits per heavy atom. The summed E-state index contributed by atoms with van der Waals surface area (Å²) in [5.41, 5.74) is 0.573. The Labute approximate surface area is 86.8 Å². The van der Waals surface area contributed by atoms with Gasteiger partial charge >= 0.3 is 0 Å². The van der Waals surface area contributed by atoms with Gasteiger partial charge in [0.25, 0.3) is 0 Å². The monoisotopic (exact) mass is 216 g/mol. The van der Waals surface area contributed by atoms with Gasteiger partial charge in [-0.15, -0.1) is 11.8 Å². The van der Waals surface area contributed by atoms with Crippen molar-refractivity contribution in [2.45, 2.75) is 17.9 Å². The van der Waals surface area contributed by atoms with E-state index in [2.05, 4.69) is 0 Å². The second-order valence-corrected chi connectivity index (χ2v) is 4.07. The van der Waals surface area contributed by atoms with Crippen LogP contribution in [0.1, 0.15) is 18.6 Å². The Hall–Kier alpha value is -0.580. The van der Waals surface area contributed by atoms with Gasteiger partial charge in [-0.3, -0.25) is 0 Å². The van der Waals surface area contributed by atoms with Crippen LogP contribution in [0.5, 0.6) is 0 Å². The highest BCUT2D eigenvalue weighted by Gasteiger charge is 2.09. The van der Waals surface area contributed by atoms with E-state index in [9.17, 15) is 9.50 Å². The van der Waals surface area contributed by atoms with Crippen LogP contribution in [-0.2, 0) is 0 Å². The predicted molar refractivity (Wildman–Crippen MR) is 54.8 cm³/mol. The zero-order valence-corrected chi connectivity index (χ0v) is 8.72. The van der Waals surface area contributed by atoms with Crippen LogP contribution in [0.4, 0.5) is 4.39 Å². The summed E-state index contributed by atoms with van der Waals surface area (Å²) in [6, 6.07) is 4.30. The standard InChI is InChI=1S/C10H13FO2S/c1-7(13)9-6-8(11)2-3-10(9)14-5-4-12/h2-3,6-7,12-13H,4-5H2,1H3. The third-order valence-electron chi connectivity index (χ3n) is 1.77. The molecule has 1 aromatic carbocycles. The summed E-state index contributed by atoms with van der Waals surface area (Å²) >= 11 is 1.41. The van der Waals surface area contributed by atoms with Gasteiger partial charge in [-0.1, -0.05) is 0 Å². The van der Waals surface area contributed by atoms with Crippen molar-refractivity contribution in [1.82, 2.24) is 0 Å². The zero-order valence-electron chi connectivity index (χ0n) is 7.90. The van der Waals surface area contributed by atoms with E-state index in [-0.39, 0.29) is 12.4 Å². The van der Waals surface area contributed by atoms with Crippen molar-refractivity contribution in [3.8, 4) is 0 Å². The molecule has 0 fully saturated rings. The molecule has 1 rings (SSSR count). The van der Waals surface area contributed by atoms with E-state index in [1.807, 2.05) is 0 Å². The van der Waals surface area contributed by atoms with Gasteiger partial charge in [0, 0.05) is 10.6 Å². The molecule has 1 aromatic rings. The summed E-state index contributed by atoms with van der Waals surface area (Å²) in [7, 11) is 0. The summed E-state index contributed by atoms with van der Waals surface area (Å²) in [5.74, 6) is 0.194. The lowest BCUT2D eigenvalue weighted by atomic mass is 10.1. The normalized spacial score (nSPS) is 12.9. The number of aliphatic hydroxyl groups is 2. The molecule has 0 aliphatic carbocycles. The van der Waals surface area contributed by atoms with Crippen LogP contribution in [-0.4, -0.2) is 22.6 Å². The third kappa shape index (κ3) is 2.97. The molecular formula is C10H13FO2S. The Balaban J connectivity index is 2.90. The molecule has 0 aliphatic heterocycles. The smallest absolute Gasteiger partial charge is 0.123 e. The van der Waals surface area contributed by atoms with E-state index in [0.29, 0.717) is 11.3 Å². The molecule has 0 aromatic heterocycles. The number of thioether (sulfide) groups is 1. The molecule has 78 valence electrons. The van der Waals surface area contributed by atoms with E-state index >= 15 is 0 Å². The average Bonchev–Trinajstić information content (AvgIpc) is 2.15. The largest absolute Gasteiger partial charge is 0.396 e. The van der Waals surface area contributed by atoms with Gasteiger partial charge in [0.05, 0.1) is 12.7 Å². The molecule has 0 spiro atoms. The fourth-order valence-electron chi connectivity index (χ4n) is 1.13. The van der Waals surface area contributed by atoms with Crippen LogP contribution < -0.4 is 0 Å².